The highest BCUT2D eigenvalue weighted by Crippen LogP contribution is 2.49. The van der Waals surface area contributed by atoms with Crippen LogP contribution in [-0.2, 0) is 11.2 Å². The maximum absolute atomic E-state index is 11.3. The molecule has 2 heterocycles. The highest BCUT2D eigenvalue weighted by Gasteiger charge is 2.40. The van der Waals surface area contributed by atoms with E-state index in [1.165, 1.54) is 16.7 Å². The monoisotopic (exact) mass is 351 g/mol. The summed E-state index contributed by atoms with van der Waals surface area (Å²) in [4.78, 5) is 11.3. The summed E-state index contributed by atoms with van der Waals surface area (Å²) in [6.07, 6.45) is 3.30. The number of hydrogen-bond acceptors (Lipinski definition) is 3. The molecular weight excluding hydrogens is 326 g/mol. The van der Waals surface area contributed by atoms with Crippen molar-refractivity contribution in [3.05, 3.63) is 64.2 Å². The standard InChI is InChI=1S/C22H25NO3/c1-3-14-6-9-19-18(12-14)21-17(5-4-10-26-21)20(23-19)16-8-7-15(22(24)25)11-13(16)2/h6-9,11-12,17,20-21,23H,3-5,10H2,1-2H3,(H,24,25)/t17-,20-,21-/m1/s1. The predicted molar refractivity (Wildman–Crippen MR) is 102 cm³/mol. The number of hydrogen-bond donors (Lipinski definition) is 2. The van der Waals surface area contributed by atoms with E-state index in [-0.39, 0.29) is 12.1 Å². The Bertz CT molecular complexity index is 845. The van der Waals surface area contributed by atoms with Gasteiger partial charge in [-0.05, 0) is 61.1 Å². The van der Waals surface area contributed by atoms with E-state index in [0.717, 1.165) is 37.1 Å². The zero-order valence-corrected chi connectivity index (χ0v) is 15.3. The van der Waals surface area contributed by atoms with Crippen LogP contribution in [0.15, 0.2) is 36.4 Å². The van der Waals surface area contributed by atoms with E-state index in [4.69, 9.17) is 4.74 Å². The van der Waals surface area contributed by atoms with Gasteiger partial charge in [-0.2, -0.15) is 0 Å². The molecule has 2 aliphatic rings. The molecule has 0 aromatic heterocycles. The van der Waals surface area contributed by atoms with Crippen molar-refractivity contribution >= 4 is 11.7 Å². The van der Waals surface area contributed by atoms with Crippen molar-refractivity contribution in [3.8, 4) is 0 Å². The minimum absolute atomic E-state index is 0.107. The Labute approximate surface area is 154 Å². The molecule has 2 aromatic rings. The first-order chi connectivity index (χ1) is 12.6. The molecule has 0 spiro atoms. The maximum atomic E-state index is 11.3. The molecule has 26 heavy (non-hydrogen) atoms. The lowest BCUT2D eigenvalue weighted by molar-refractivity contribution is -0.0382. The number of aromatic carboxylic acids is 1. The Morgan fingerprint density at radius 1 is 1.23 bits per heavy atom. The smallest absolute Gasteiger partial charge is 0.335 e. The number of benzene rings is 2. The van der Waals surface area contributed by atoms with E-state index < -0.39 is 5.97 Å². The number of carboxylic acids is 1. The lowest BCUT2D eigenvalue weighted by atomic mass is 9.76. The number of ether oxygens (including phenoxy) is 1. The van der Waals surface area contributed by atoms with Crippen LogP contribution in [-0.4, -0.2) is 17.7 Å². The van der Waals surface area contributed by atoms with E-state index in [1.54, 1.807) is 12.1 Å². The second-order valence-electron chi connectivity index (χ2n) is 7.37. The van der Waals surface area contributed by atoms with E-state index in [1.807, 2.05) is 13.0 Å². The van der Waals surface area contributed by atoms with Crippen molar-refractivity contribution in [2.24, 2.45) is 5.92 Å². The molecule has 4 rings (SSSR count). The Hall–Kier alpha value is -2.33. The fraction of sp³-hybridized carbons (Fsp3) is 0.409. The Morgan fingerprint density at radius 2 is 2.08 bits per heavy atom. The van der Waals surface area contributed by atoms with E-state index in [9.17, 15) is 9.90 Å². The molecule has 0 amide bonds. The van der Waals surface area contributed by atoms with Crippen LogP contribution in [0.25, 0.3) is 0 Å². The third-order valence-electron chi connectivity index (χ3n) is 5.79. The number of aryl methyl sites for hydroxylation is 2. The summed E-state index contributed by atoms with van der Waals surface area (Å²) in [6, 6.07) is 12.2. The first-order valence-corrected chi connectivity index (χ1v) is 9.43. The van der Waals surface area contributed by atoms with Crippen molar-refractivity contribution in [3.63, 3.8) is 0 Å². The Morgan fingerprint density at radius 3 is 2.81 bits per heavy atom. The number of carbonyl (C=O) groups is 1. The van der Waals surface area contributed by atoms with Crippen LogP contribution in [0.3, 0.4) is 0 Å². The zero-order chi connectivity index (χ0) is 18.3. The molecule has 0 radical (unpaired) electrons. The number of anilines is 1. The largest absolute Gasteiger partial charge is 0.478 e. The second-order valence-corrected chi connectivity index (χ2v) is 7.37. The summed E-state index contributed by atoms with van der Waals surface area (Å²) in [6.45, 7) is 4.98. The summed E-state index contributed by atoms with van der Waals surface area (Å²) in [5, 5.41) is 13.0. The molecular formula is C22H25NO3. The predicted octanol–water partition coefficient (Wildman–Crippen LogP) is 4.89. The first-order valence-electron chi connectivity index (χ1n) is 9.43. The third-order valence-corrected chi connectivity index (χ3v) is 5.79. The SMILES string of the molecule is CCc1ccc2c(c1)[C@@H]1OCCC[C@@H]1[C@@H](c1ccc(C(=O)O)cc1C)N2. The zero-order valence-electron chi connectivity index (χ0n) is 15.3. The van der Waals surface area contributed by atoms with Gasteiger partial charge in [0.15, 0.2) is 0 Å². The molecule has 136 valence electrons. The average molecular weight is 351 g/mol. The third kappa shape index (κ3) is 2.88. The molecule has 0 saturated carbocycles. The van der Waals surface area contributed by atoms with Crippen molar-refractivity contribution in [2.45, 2.75) is 45.3 Å². The molecule has 0 aliphatic carbocycles. The number of carboxylic acid groups (broad SMARTS) is 1. The van der Waals surface area contributed by atoms with Crippen LogP contribution in [0.5, 0.6) is 0 Å². The second kappa shape index (κ2) is 6.76. The molecule has 4 heteroatoms. The molecule has 2 aromatic carbocycles. The van der Waals surface area contributed by atoms with Gasteiger partial charge in [0, 0.05) is 23.8 Å². The van der Waals surface area contributed by atoms with Crippen LogP contribution in [0.1, 0.15) is 64.5 Å². The Balaban J connectivity index is 1.76. The number of nitrogens with one attached hydrogen (secondary N) is 1. The van der Waals surface area contributed by atoms with Gasteiger partial charge < -0.3 is 15.2 Å². The summed E-state index contributed by atoms with van der Waals surface area (Å²) < 4.78 is 6.23. The van der Waals surface area contributed by atoms with Gasteiger partial charge in [-0.25, -0.2) is 4.79 Å². The molecule has 2 aliphatic heterocycles. The topological polar surface area (TPSA) is 58.6 Å². The van der Waals surface area contributed by atoms with Gasteiger partial charge in [-0.3, -0.25) is 0 Å². The van der Waals surface area contributed by atoms with Gasteiger partial charge in [-0.15, -0.1) is 0 Å². The molecule has 0 unspecified atom stereocenters. The van der Waals surface area contributed by atoms with Gasteiger partial charge in [0.25, 0.3) is 0 Å². The summed E-state index contributed by atoms with van der Waals surface area (Å²) in [5.41, 5.74) is 6.26. The van der Waals surface area contributed by atoms with Gasteiger partial charge in [0.2, 0.25) is 0 Å². The van der Waals surface area contributed by atoms with Crippen molar-refractivity contribution in [1.82, 2.24) is 0 Å². The molecule has 1 fully saturated rings. The number of rotatable bonds is 3. The van der Waals surface area contributed by atoms with E-state index in [2.05, 4.69) is 30.4 Å². The summed E-state index contributed by atoms with van der Waals surface area (Å²) in [5.74, 6) is -0.523. The lowest BCUT2D eigenvalue weighted by Gasteiger charge is -2.44. The van der Waals surface area contributed by atoms with Crippen LogP contribution < -0.4 is 5.32 Å². The van der Waals surface area contributed by atoms with Gasteiger partial charge in [0.1, 0.15) is 0 Å². The van der Waals surface area contributed by atoms with Crippen LogP contribution in [0.4, 0.5) is 5.69 Å². The van der Waals surface area contributed by atoms with Crippen molar-refractivity contribution in [1.29, 1.82) is 0 Å². The molecule has 0 bridgehead atoms. The molecule has 3 atom stereocenters. The van der Waals surface area contributed by atoms with Crippen LogP contribution >= 0.6 is 0 Å². The minimum atomic E-state index is -0.882. The fourth-order valence-corrected chi connectivity index (χ4v) is 4.41. The van der Waals surface area contributed by atoms with Crippen molar-refractivity contribution in [2.75, 3.05) is 11.9 Å². The fourth-order valence-electron chi connectivity index (χ4n) is 4.41. The van der Waals surface area contributed by atoms with Crippen LogP contribution in [0, 0.1) is 12.8 Å². The highest BCUT2D eigenvalue weighted by atomic mass is 16.5. The summed E-state index contributed by atoms with van der Waals surface area (Å²) in [7, 11) is 0. The van der Waals surface area contributed by atoms with Crippen LogP contribution in [0.2, 0.25) is 0 Å². The lowest BCUT2D eigenvalue weighted by Crippen LogP contribution is -2.36. The quantitative estimate of drug-likeness (QED) is 0.826. The Kier molecular flexibility index (Phi) is 4.45. The summed E-state index contributed by atoms with van der Waals surface area (Å²) >= 11 is 0. The van der Waals surface area contributed by atoms with E-state index in [0.29, 0.717) is 11.5 Å². The van der Waals surface area contributed by atoms with Gasteiger partial charge >= 0.3 is 5.97 Å². The average Bonchev–Trinajstić information content (AvgIpc) is 2.67. The molecule has 2 N–H and O–H groups in total. The molecule has 1 saturated heterocycles. The normalized spacial score (nSPS) is 24.3. The maximum Gasteiger partial charge on any atom is 0.335 e. The number of fused-ring (bicyclic) bond motifs is 3. The van der Waals surface area contributed by atoms with Gasteiger partial charge in [0.05, 0.1) is 17.7 Å². The minimum Gasteiger partial charge on any atom is -0.478 e. The first kappa shape index (κ1) is 17.1. The highest BCUT2D eigenvalue weighted by molar-refractivity contribution is 5.88. The van der Waals surface area contributed by atoms with E-state index >= 15 is 0 Å². The van der Waals surface area contributed by atoms with Crippen molar-refractivity contribution < 1.29 is 14.6 Å². The van der Waals surface area contributed by atoms with Gasteiger partial charge in [-0.1, -0.05) is 25.1 Å². The molecule has 4 nitrogen and oxygen atoms in total.